The lowest BCUT2D eigenvalue weighted by atomic mass is 10.2. The standard InChI is InChI=1S/C13H13ClF2N2/c14-11-9-13(16)12(15)8-10(11)2-1-5-18-6-3-17-4-7-18/h8-9,17H,3-7H2. The lowest BCUT2D eigenvalue weighted by Gasteiger charge is -2.24. The van der Waals surface area contributed by atoms with E-state index in [2.05, 4.69) is 22.1 Å². The molecule has 1 aromatic rings. The molecule has 0 aliphatic carbocycles. The van der Waals surface area contributed by atoms with E-state index in [4.69, 9.17) is 11.6 Å². The summed E-state index contributed by atoms with van der Waals surface area (Å²) in [5.74, 6) is 3.83. The molecule has 1 fully saturated rings. The fraction of sp³-hybridized carbons (Fsp3) is 0.385. The third kappa shape index (κ3) is 3.42. The molecule has 5 heteroatoms. The van der Waals surface area contributed by atoms with Crippen molar-refractivity contribution < 1.29 is 8.78 Å². The summed E-state index contributed by atoms with van der Waals surface area (Å²) in [7, 11) is 0. The van der Waals surface area contributed by atoms with Gasteiger partial charge in [-0.1, -0.05) is 23.4 Å². The summed E-state index contributed by atoms with van der Waals surface area (Å²) in [6.07, 6.45) is 0. The van der Waals surface area contributed by atoms with E-state index in [-0.39, 0.29) is 5.02 Å². The average Bonchev–Trinajstić information content (AvgIpc) is 2.37. The van der Waals surface area contributed by atoms with E-state index < -0.39 is 11.6 Å². The Morgan fingerprint density at radius 3 is 2.61 bits per heavy atom. The first-order valence-electron chi connectivity index (χ1n) is 5.73. The number of piperazine rings is 1. The zero-order chi connectivity index (χ0) is 13.0. The van der Waals surface area contributed by atoms with Crippen LogP contribution >= 0.6 is 11.6 Å². The minimum Gasteiger partial charge on any atom is -0.314 e. The molecular formula is C13H13ClF2N2. The van der Waals surface area contributed by atoms with Gasteiger partial charge < -0.3 is 5.32 Å². The van der Waals surface area contributed by atoms with Crippen LogP contribution in [0.5, 0.6) is 0 Å². The quantitative estimate of drug-likeness (QED) is 0.619. The summed E-state index contributed by atoms with van der Waals surface area (Å²) < 4.78 is 25.9. The first-order chi connectivity index (χ1) is 8.66. The Hall–Kier alpha value is -1.15. The molecule has 0 radical (unpaired) electrons. The third-order valence-electron chi connectivity index (χ3n) is 2.75. The van der Waals surface area contributed by atoms with Gasteiger partial charge in [-0.15, -0.1) is 0 Å². The van der Waals surface area contributed by atoms with Gasteiger partial charge in [-0.25, -0.2) is 8.78 Å². The third-order valence-corrected chi connectivity index (χ3v) is 3.06. The second-order valence-electron chi connectivity index (χ2n) is 4.07. The minimum atomic E-state index is -0.951. The maximum Gasteiger partial charge on any atom is 0.160 e. The van der Waals surface area contributed by atoms with Gasteiger partial charge in [0.05, 0.1) is 11.6 Å². The summed E-state index contributed by atoms with van der Waals surface area (Å²) in [5, 5.41) is 3.38. The van der Waals surface area contributed by atoms with Crippen LogP contribution in [0.3, 0.4) is 0 Å². The highest BCUT2D eigenvalue weighted by molar-refractivity contribution is 6.31. The van der Waals surface area contributed by atoms with Crippen molar-refractivity contribution >= 4 is 11.6 Å². The summed E-state index contributed by atoms with van der Waals surface area (Å²) in [6, 6.07) is 1.98. The Morgan fingerprint density at radius 1 is 1.22 bits per heavy atom. The molecule has 1 heterocycles. The molecule has 0 spiro atoms. The van der Waals surface area contributed by atoms with Crippen molar-refractivity contribution in [1.29, 1.82) is 0 Å². The van der Waals surface area contributed by atoms with Gasteiger partial charge in [0.25, 0.3) is 0 Å². The van der Waals surface area contributed by atoms with Crippen LogP contribution in [0.25, 0.3) is 0 Å². The zero-order valence-corrected chi connectivity index (χ0v) is 10.5. The monoisotopic (exact) mass is 270 g/mol. The van der Waals surface area contributed by atoms with Crippen molar-refractivity contribution in [2.24, 2.45) is 0 Å². The normalized spacial score (nSPS) is 16.2. The molecule has 0 unspecified atom stereocenters. The summed E-state index contributed by atoms with van der Waals surface area (Å²) in [6.45, 7) is 4.40. The van der Waals surface area contributed by atoms with Gasteiger partial charge in [0.1, 0.15) is 0 Å². The molecule has 1 aromatic carbocycles. The minimum absolute atomic E-state index is 0.140. The number of halogens is 3. The van der Waals surface area contributed by atoms with E-state index in [1.807, 2.05) is 0 Å². The molecule has 1 aliphatic heterocycles. The highest BCUT2D eigenvalue weighted by atomic mass is 35.5. The topological polar surface area (TPSA) is 15.3 Å². The van der Waals surface area contributed by atoms with Crippen molar-refractivity contribution in [2.45, 2.75) is 0 Å². The highest BCUT2D eigenvalue weighted by Crippen LogP contribution is 2.18. The molecule has 0 atom stereocenters. The Morgan fingerprint density at radius 2 is 1.89 bits per heavy atom. The van der Waals surface area contributed by atoms with E-state index in [9.17, 15) is 8.78 Å². The zero-order valence-electron chi connectivity index (χ0n) is 9.77. The van der Waals surface area contributed by atoms with Crippen LogP contribution in [0.2, 0.25) is 5.02 Å². The van der Waals surface area contributed by atoms with E-state index >= 15 is 0 Å². The molecule has 0 amide bonds. The largest absolute Gasteiger partial charge is 0.314 e. The Kier molecular flexibility index (Phi) is 4.54. The van der Waals surface area contributed by atoms with Crippen LogP contribution in [-0.2, 0) is 0 Å². The predicted molar refractivity (Wildman–Crippen MR) is 67.6 cm³/mol. The highest BCUT2D eigenvalue weighted by Gasteiger charge is 2.08. The van der Waals surface area contributed by atoms with Gasteiger partial charge in [-0.05, 0) is 12.1 Å². The van der Waals surface area contributed by atoms with Crippen molar-refractivity contribution in [3.05, 3.63) is 34.4 Å². The lowest BCUT2D eigenvalue weighted by Crippen LogP contribution is -2.43. The number of rotatable bonds is 1. The first kappa shape index (κ1) is 13.3. The molecule has 0 bridgehead atoms. The van der Waals surface area contributed by atoms with Gasteiger partial charge in [-0.2, -0.15) is 0 Å². The van der Waals surface area contributed by atoms with Gasteiger partial charge in [0, 0.05) is 31.7 Å². The number of nitrogens with one attached hydrogen (secondary N) is 1. The maximum atomic E-state index is 13.0. The Balaban J connectivity index is 2.03. The SMILES string of the molecule is Fc1cc(Cl)c(C#CCN2CCNCC2)cc1F. The van der Waals surface area contributed by atoms with Gasteiger partial charge in [-0.3, -0.25) is 4.90 Å². The van der Waals surface area contributed by atoms with Crippen LogP contribution in [0.1, 0.15) is 5.56 Å². The number of benzene rings is 1. The molecule has 18 heavy (non-hydrogen) atoms. The van der Waals surface area contributed by atoms with Crippen molar-refractivity contribution in [3.8, 4) is 11.8 Å². The van der Waals surface area contributed by atoms with Gasteiger partial charge in [0.15, 0.2) is 11.6 Å². The van der Waals surface area contributed by atoms with Crippen molar-refractivity contribution in [2.75, 3.05) is 32.7 Å². The molecule has 2 rings (SSSR count). The summed E-state index contributed by atoms with van der Waals surface area (Å²) in [5.41, 5.74) is 0.325. The molecule has 1 N–H and O–H groups in total. The fourth-order valence-electron chi connectivity index (χ4n) is 1.73. The van der Waals surface area contributed by atoms with Crippen LogP contribution in [0.15, 0.2) is 12.1 Å². The predicted octanol–water partition coefficient (Wildman–Crippen LogP) is 1.87. The molecule has 2 nitrogen and oxygen atoms in total. The second-order valence-corrected chi connectivity index (χ2v) is 4.48. The summed E-state index contributed by atoms with van der Waals surface area (Å²) in [4.78, 5) is 2.19. The molecular weight excluding hydrogens is 258 g/mol. The smallest absolute Gasteiger partial charge is 0.160 e. The Labute approximate surface area is 110 Å². The molecule has 1 saturated heterocycles. The van der Waals surface area contributed by atoms with E-state index in [0.717, 1.165) is 38.3 Å². The lowest BCUT2D eigenvalue weighted by molar-refractivity contribution is 0.268. The number of hydrogen-bond acceptors (Lipinski definition) is 2. The van der Waals surface area contributed by atoms with Crippen LogP contribution in [-0.4, -0.2) is 37.6 Å². The molecule has 1 aliphatic rings. The number of hydrogen-bond donors (Lipinski definition) is 1. The van der Waals surface area contributed by atoms with Gasteiger partial charge >= 0.3 is 0 Å². The van der Waals surface area contributed by atoms with Crippen molar-refractivity contribution in [3.63, 3.8) is 0 Å². The Bertz CT molecular complexity index is 488. The van der Waals surface area contributed by atoms with Crippen molar-refractivity contribution in [1.82, 2.24) is 10.2 Å². The molecule has 96 valence electrons. The van der Waals surface area contributed by atoms with E-state index in [1.165, 1.54) is 0 Å². The fourth-order valence-corrected chi connectivity index (χ4v) is 1.93. The van der Waals surface area contributed by atoms with Crippen LogP contribution < -0.4 is 5.32 Å². The maximum absolute atomic E-state index is 13.0. The average molecular weight is 271 g/mol. The molecule has 0 saturated carbocycles. The number of nitrogens with zero attached hydrogens (tertiary/aromatic N) is 1. The van der Waals surface area contributed by atoms with Crippen LogP contribution in [0.4, 0.5) is 8.78 Å². The summed E-state index contributed by atoms with van der Waals surface area (Å²) >= 11 is 5.79. The first-order valence-corrected chi connectivity index (χ1v) is 6.11. The van der Waals surface area contributed by atoms with E-state index in [0.29, 0.717) is 12.1 Å². The van der Waals surface area contributed by atoms with Gasteiger partial charge in [0.2, 0.25) is 0 Å². The molecule has 0 aromatic heterocycles. The second kappa shape index (κ2) is 6.14. The van der Waals surface area contributed by atoms with E-state index in [1.54, 1.807) is 0 Å². The van der Waals surface area contributed by atoms with Crippen LogP contribution in [0, 0.1) is 23.5 Å².